The van der Waals surface area contributed by atoms with Crippen molar-refractivity contribution in [2.75, 3.05) is 11.9 Å². The number of unbranched alkanes of at least 4 members (excludes halogenated alkanes) is 2. The number of aryl methyl sites for hydroxylation is 2. The molecule has 1 aromatic carbocycles. The van der Waals surface area contributed by atoms with Crippen LogP contribution in [0.15, 0.2) is 16.6 Å². The number of carbonyl (C=O) groups excluding carboxylic acids is 1. The minimum Gasteiger partial charge on any atom is -0.330 e. The maximum absolute atomic E-state index is 11.7. The van der Waals surface area contributed by atoms with Crippen LogP contribution in [0.4, 0.5) is 5.69 Å². The number of hydrogen-bond acceptors (Lipinski definition) is 2. The number of halogens is 1. The van der Waals surface area contributed by atoms with E-state index in [1.165, 1.54) is 0 Å². The van der Waals surface area contributed by atoms with Crippen molar-refractivity contribution in [2.24, 2.45) is 5.73 Å². The summed E-state index contributed by atoms with van der Waals surface area (Å²) < 4.78 is 1.10. The van der Waals surface area contributed by atoms with Gasteiger partial charge in [0.15, 0.2) is 0 Å². The first kappa shape index (κ1) is 15.2. The Hall–Kier alpha value is -0.870. The van der Waals surface area contributed by atoms with Crippen LogP contribution in [-0.2, 0) is 4.79 Å². The lowest BCUT2D eigenvalue weighted by molar-refractivity contribution is -0.116. The van der Waals surface area contributed by atoms with Gasteiger partial charge in [-0.2, -0.15) is 0 Å². The number of anilines is 1. The molecule has 1 aromatic rings. The number of hydrogen-bond donors (Lipinski definition) is 2. The summed E-state index contributed by atoms with van der Waals surface area (Å²) in [5.41, 5.74) is 8.55. The number of nitrogens with one attached hydrogen (secondary N) is 1. The molecule has 0 aromatic heterocycles. The van der Waals surface area contributed by atoms with Gasteiger partial charge in [-0.1, -0.05) is 22.4 Å². The Morgan fingerprint density at radius 3 is 2.39 bits per heavy atom. The minimum absolute atomic E-state index is 0.0770. The van der Waals surface area contributed by atoms with Crippen LogP contribution >= 0.6 is 15.9 Å². The second-order valence-electron chi connectivity index (χ2n) is 4.57. The van der Waals surface area contributed by atoms with Crippen LogP contribution in [0.25, 0.3) is 0 Å². The van der Waals surface area contributed by atoms with E-state index in [4.69, 9.17) is 5.73 Å². The molecular formula is C14H21BrN2O. The summed E-state index contributed by atoms with van der Waals surface area (Å²) >= 11 is 3.51. The molecule has 3 nitrogen and oxygen atoms in total. The molecule has 0 radical (unpaired) electrons. The van der Waals surface area contributed by atoms with Crippen LogP contribution in [0.2, 0.25) is 0 Å². The summed E-state index contributed by atoms with van der Waals surface area (Å²) in [6.07, 6.45) is 3.47. The van der Waals surface area contributed by atoms with Gasteiger partial charge in [0.05, 0.1) is 0 Å². The highest BCUT2D eigenvalue weighted by molar-refractivity contribution is 9.10. The molecule has 0 aliphatic rings. The van der Waals surface area contributed by atoms with Gasteiger partial charge in [0.2, 0.25) is 5.91 Å². The number of amides is 1. The highest BCUT2D eigenvalue weighted by Gasteiger charge is 2.05. The second kappa shape index (κ2) is 7.54. The lowest BCUT2D eigenvalue weighted by atomic mass is 10.1. The van der Waals surface area contributed by atoms with E-state index in [0.717, 1.165) is 40.5 Å². The van der Waals surface area contributed by atoms with Crippen molar-refractivity contribution in [2.45, 2.75) is 39.5 Å². The Morgan fingerprint density at radius 2 is 1.83 bits per heavy atom. The van der Waals surface area contributed by atoms with Crippen LogP contribution in [0.1, 0.15) is 36.8 Å². The summed E-state index contributed by atoms with van der Waals surface area (Å²) in [5.74, 6) is 0.0770. The van der Waals surface area contributed by atoms with Gasteiger partial charge in [-0.05, 0) is 56.5 Å². The number of rotatable bonds is 6. The standard InChI is InChI=1S/C14H21BrN2O/c1-10-8-12(9-11(2)14(10)15)17-13(18)6-4-3-5-7-16/h8-9H,3-7,16H2,1-2H3,(H,17,18). The third-order valence-corrected chi connectivity index (χ3v) is 4.08. The molecule has 0 heterocycles. The van der Waals surface area contributed by atoms with E-state index < -0.39 is 0 Å². The second-order valence-corrected chi connectivity index (χ2v) is 5.36. The Labute approximate surface area is 117 Å². The van der Waals surface area contributed by atoms with Crippen molar-refractivity contribution in [3.63, 3.8) is 0 Å². The van der Waals surface area contributed by atoms with Crippen molar-refractivity contribution in [3.05, 3.63) is 27.7 Å². The maximum atomic E-state index is 11.7. The smallest absolute Gasteiger partial charge is 0.224 e. The molecule has 1 rings (SSSR count). The Morgan fingerprint density at radius 1 is 1.22 bits per heavy atom. The molecule has 3 N–H and O–H groups in total. The Balaban J connectivity index is 2.49. The van der Waals surface area contributed by atoms with Crippen LogP contribution in [-0.4, -0.2) is 12.5 Å². The first-order valence-electron chi connectivity index (χ1n) is 6.31. The molecule has 0 atom stereocenters. The lowest BCUT2D eigenvalue weighted by Gasteiger charge is -2.09. The maximum Gasteiger partial charge on any atom is 0.224 e. The highest BCUT2D eigenvalue weighted by atomic mass is 79.9. The fourth-order valence-electron chi connectivity index (χ4n) is 1.85. The van der Waals surface area contributed by atoms with Gasteiger partial charge < -0.3 is 11.1 Å². The van der Waals surface area contributed by atoms with Gasteiger partial charge >= 0.3 is 0 Å². The van der Waals surface area contributed by atoms with Crippen LogP contribution < -0.4 is 11.1 Å². The zero-order valence-electron chi connectivity index (χ0n) is 11.1. The molecule has 0 saturated carbocycles. The van der Waals surface area contributed by atoms with Crippen molar-refractivity contribution in [3.8, 4) is 0 Å². The molecule has 1 amide bonds. The molecule has 0 bridgehead atoms. The quantitative estimate of drug-likeness (QED) is 0.790. The molecule has 4 heteroatoms. The van der Waals surface area contributed by atoms with Crippen LogP contribution in [0.5, 0.6) is 0 Å². The van der Waals surface area contributed by atoms with Gasteiger partial charge in [0.1, 0.15) is 0 Å². The first-order chi connectivity index (χ1) is 8.54. The highest BCUT2D eigenvalue weighted by Crippen LogP contribution is 2.25. The molecule has 18 heavy (non-hydrogen) atoms. The van der Waals surface area contributed by atoms with Crippen molar-refractivity contribution in [1.82, 2.24) is 0 Å². The van der Waals surface area contributed by atoms with E-state index in [-0.39, 0.29) is 5.91 Å². The van der Waals surface area contributed by atoms with E-state index in [9.17, 15) is 4.79 Å². The third-order valence-electron chi connectivity index (χ3n) is 2.83. The molecule has 0 aliphatic heterocycles. The topological polar surface area (TPSA) is 55.1 Å². The zero-order valence-corrected chi connectivity index (χ0v) is 12.6. The van der Waals surface area contributed by atoms with Crippen molar-refractivity contribution in [1.29, 1.82) is 0 Å². The minimum atomic E-state index is 0.0770. The number of benzene rings is 1. The number of nitrogens with two attached hydrogens (primary N) is 1. The zero-order chi connectivity index (χ0) is 13.5. The molecule has 0 fully saturated rings. The van der Waals surface area contributed by atoms with Gasteiger partial charge in [-0.3, -0.25) is 4.79 Å². The SMILES string of the molecule is Cc1cc(NC(=O)CCCCCN)cc(C)c1Br. The average Bonchev–Trinajstić information content (AvgIpc) is 2.31. The van der Waals surface area contributed by atoms with E-state index in [0.29, 0.717) is 13.0 Å². The first-order valence-corrected chi connectivity index (χ1v) is 7.10. The predicted molar refractivity (Wildman–Crippen MR) is 79.8 cm³/mol. The van der Waals surface area contributed by atoms with Crippen LogP contribution in [0.3, 0.4) is 0 Å². The molecular weight excluding hydrogens is 292 g/mol. The van der Waals surface area contributed by atoms with Crippen molar-refractivity contribution < 1.29 is 4.79 Å². The van der Waals surface area contributed by atoms with E-state index in [1.54, 1.807) is 0 Å². The summed E-state index contributed by atoms with van der Waals surface area (Å²) in [6, 6.07) is 3.96. The van der Waals surface area contributed by atoms with Crippen LogP contribution in [0, 0.1) is 13.8 Å². The molecule has 100 valence electrons. The summed E-state index contributed by atoms with van der Waals surface area (Å²) in [7, 11) is 0. The van der Waals surface area contributed by atoms with E-state index >= 15 is 0 Å². The monoisotopic (exact) mass is 312 g/mol. The average molecular weight is 313 g/mol. The molecule has 0 aliphatic carbocycles. The van der Waals surface area contributed by atoms with Gasteiger partial charge in [0, 0.05) is 16.6 Å². The lowest BCUT2D eigenvalue weighted by Crippen LogP contribution is -2.11. The molecule has 0 unspecified atom stereocenters. The molecule has 0 spiro atoms. The van der Waals surface area contributed by atoms with E-state index in [1.807, 2.05) is 26.0 Å². The Kier molecular flexibility index (Phi) is 6.36. The number of carbonyl (C=O) groups is 1. The predicted octanol–water partition coefficient (Wildman–Crippen LogP) is 3.52. The van der Waals surface area contributed by atoms with Gasteiger partial charge in [-0.25, -0.2) is 0 Å². The summed E-state index contributed by atoms with van der Waals surface area (Å²) in [5, 5.41) is 2.94. The fraction of sp³-hybridized carbons (Fsp3) is 0.500. The largest absolute Gasteiger partial charge is 0.330 e. The van der Waals surface area contributed by atoms with Gasteiger partial charge in [-0.15, -0.1) is 0 Å². The summed E-state index contributed by atoms with van der Waals surface area (Å²) in [4.78, 5) is 11.7. The van der Waals surface area contributed by atoms with Gasteiger partial charge in [0.25, 0.3) is 0 Å². The van der Waals surface area contributed by atoms with Crippen molar-refractivity contribution >= 4 is 27.5 Å². The Bertz CT molecular complexity index is 395. The fourth-order valence-corrected chi connectivity index (χ4v) is 2.08. The third kappa shape index (κ3) is 4.78. The summed E-state index contributed by atoms with van der Waals surface area (Å²) in [6.45, 7) is 4.74. The molecule has 0 saturated heterocycles. The van der Waals surface area contributed by atoms with E-state index in [2.05, 4.69) is 21.2 Å². The normalized spacial score (nSPS) is 10.4.